The third-order valence-corrected chi connectivity index (χ3v) is 2.01. The zero-order chi connectivity index (χ0) is 11.5. The molecule has 1 atom stereocenters. The topological polar surface area (TPSA) is 63.8 Å². The van der Waals surface area contributed by atoms with E-state index in [0.717, 1.165) is 12.1 Å². The van der Waals surface area contributed by atoms with Crippen molar-refractivity contribution < 1.29 is 8.81 Å². The minimum absolute atomic E-state index is 0.178. The molecule has 0 aliphatic rings. The lowest BCUT2D eigenvalue weighted by molar-refractivity contribution is 0.453. The first kappa shape index (κ1) is 10.5. The number of halogens is 1. The molecule has 0 amide bonds. The summed E-state index contributed by atoms with van der Waals surface area (Å²) in [7, 11) is 0. The molecule has 0 aliphatic heterocycles. The van der Waals surface area contributed by atoms with Crippen molar-refractivity contribution in [2.24, 2.45) is 0 Å². The van der Waals surface area contributed by atoms with Crippen LogP contribution in [0.25, 0.3) is 0 Å². The van der Waals surface area contributed by atoms with Crippen molar-refractivity contribution in [1.82, 2.24) is 15.0 Å². The van der Waals surface area contributed by atoms with Crippen LogP contribution >= 0.6 is 0 Å². The van der Waals surface area contributed by atoms with E-state index in [1.54, 1.807) is 6.20 Å². The Labute approximate surface area is 91.8 Å². The molecule has 2 rings (SSSR count). The quantitative estimate of drug-likeness (QED) is 0.805. The lowest BCUT2D eigenvalue weighted by Crippen LogP contribution is -2.08. The van der Waals surface area contributed by atoms with E-state index in [1.807, 2.05) is 13.8 Å². The van der Waals surface area contributed by atoms with Crippen LogP contribution in [0, 0.1) is 12.9 Å². The van der Waals surface area contributed by atoms with Gasteiger partial charge in [-0.05, 0) is 13.8 Å². The molecule has 6 heteroatoms. The predicted molar refractivity (Wildman–Crippen MR) is 55.3 cm³/mol. The van der Waals surface area contributed by atoms with Crippen LogP contribution in [0.4, 0.5) is 10.2 Å². The summed E-state index contributed by atoms with van der Waals surface area (Å²) in [4.78, 5) is 11.3. The van der Waals surface area contributed by atoms with Gasteiger partial charge in [0.25, 0.3) is 0 Å². The summed E-state index contributed by atoms with van der Waals surface area (Å²) in [5.41, 5.74) is 0. The number of anilines is 1. The Morgan fingerprint density at radius 3 is 2.81 bits per heavy atom. The summed E-state index contributed by atoms with van der Waals surface area (Å²) >= 11 is 0. The SMILES string of the molecule is Cc1cnc(C(C)Nc2cc(F)ncn2)o1. The van der Waals surface area contributed by atoms with Crippen molar-refractivity contribution in [3.05, 3.63) is 36.2 Å². The number of aryl methyl sites for hydroxylation is 1. The van der Waals surface area contributed by atoms with Gasteiger partial charge in [0.1, 0.15) is 23.9 Å². The van der Waals surface area contributed by atoms with E-state index in [4.69, 9.17) is 4.42 Å². The van der Waals surface area contributed by atoms with Crippen LogP contribution in [0.15, 0.2) is 23.0 Å². The first-order chi connectivity index (χ1) is 7.65. The van der Waals surface area contributed by atoms with Crippen molar-refractivity contribution in [2.45, 2.75) is 19.9 Å². The Balaban J connectivity index is 2.10. The molecule has 0 aromatic carbocycles. The minimum atomic E-state index is -0.576. The number of nitrogens with zero attached hydrogens (tertiary/aromatic N) is 3. The van der Waals surface area contributed by atoms with Gasteiger partial charge in [0.05, 0.1) is 6.20 Å². The second-order valence-electron chi connectivity index (χ2n) is 3.40. The summed E-state index contributed by atoms with van der Waals surface area (Å²) in [6, 6.07) is 1.04. The van der Waals surface area contributed by atoms with Gasteiger partial charge in [0.15, 0.2) is 0 Å². The molecule has 2 heterocycles. The number of rotatable bonds is 3. The lowest BCUT2D eigenvalue weighted by atomic mass is 10.3. The van der Waals surface area contributed by atoms with Gasteiger partial charge in [-0.25, -0.2) is 15.0 Å². The van der Waals surface area contributed by atoms with Crippen molar-refractivity contribution in [2.75, 3.05) is 5.32 Å². The fourth-order valence-electron chi connectivity index (χ4n) is 1.27. The first-order valence-electron chi connectivity index (χ1n) is 4.81. The van der Waals surface area contributed by atoms with E-state index >= 15 is 0 Å². The third kappa shape index (κ3) is 2.33. The largest absolute Gasteiger partial charge is 0.444 e. The van der Waals surface area contributed by atoms with Crippen molar-refractivity contribution in [3.63, 3.8) is 0 Å². The maximum absolute atomic E-state index is 12.8. The number of oxazole rings is 1. The normalized spacial score (nSPS) is 12.4. The smallest absolute Gasteiger partial charge is 0.217 e. The zero-order valence-corrected chi connectivity index (χ0v) is 8.94. The number of hydrogen-bond acceptors (Lipinski definition) is 5. The molecule has 0 saturated carbocycles. The monoisotopic (exact) mass is 222 g/mol. The van der Waals surface area contributed by atoms with E-state index in [-0.39, 0.29) is 6.04 Å². The highest BCUT2D eigenvalue weighted by atomic mass is 19.1. The summed E-state index contributed by atoms with van der Waals surface area (Å²) in [6.07, 6.45) is 2.79. The summed E-state index contributed by atoms with van der Waals surface area (Å²) in [5, 5.41) is 2.96. The Morgan fingerprint density at radius 1 is 1.38 bits per heavy atom. The van der Waals surface area contributed by atoms with E-state index in [2.05, 4.69) is 20.3 Å². The van der Waals surface area contributed by atoms with Gasteiger partial charge in [-0.15, -0.1) is 0 Å². The Hall–Kier alpha value is -1.98. The molecule has 0 aliphatic carbocycles. The van der Waals surface area contributed by atoms with Crippen molar-refractivity contribution >= 4 is 5.82 Å². The highest BCUT2D eigenvalue weighted by Crippen LogP contribution is 2.17. The van der Waals surface area contributed by atoms with Crippen LogP contribution in [-0.4, -0.2) is 15.0 Å². The Morgan fingerprint density at radius 2 is 2.19 bits per heavy atom. The average Bonchev–Trinajstić information content (AvgIpc) is 2.65. The van der Waals surface area contributed by atoms with Gasteiger partial charge in [-0.2, -0.15) is 4.39 Å². The fraction of sp³-hybridized carbons (Fsp3) is 0.300. The zero-order valence-electron chi connectivity index (χ0n) is 8.94. The van der Waals surface area contributed by atoms with Gasteiger partial charge in [0.2, 0.25) is 11.8 Å². The number of hydrogen-bond donors (Lipinski definition) is 1. The van der Waals surface area contributed by atoms with Gasteiger partial charge in [-0.3, -0.25) is 0 Å². The van der Waals surface area contributed by atoms with Gasteiger partial charge < -0.3 is 9.73 Å². The predicted octanol–water partition coefficient (Wildman–Crippen LogP) is 2.09. The Bertz CT molecular complexity index is 485. The van der Waals surface area contributed by atoms with Crippen LogP contribution in [0.2, 0.25) is 0 Å². The van der Waals surface area contributed by atoms with Gasteiger partial charge in [0, 0.05) is 6.07 Å². The average molecular weight is 222 g/mol. The molecule has 1 N–H and O–H groups in total. The highest BCUT2D eigenvalue weighted by Gasteiger charge is 2.11. The molecule has 5 nitrogen and oxygen atoms in total. The molecular weight excluding hydrogens is 211 g/mol. The second-order valence-corrected chi connectivity index (χ2v) is 3.40. The molecule has 0 radical (unpaired) electrons. The Kier molecular flexibility index (Phi) is 2.80. The highest BCUT2D eigenvalue weighted by molar-refractivity contribution is 5.34. The molecule has 0 saturated heterocycles. The van der Waals surface area contributed by atoms with E-state index in [0.29, 0.717) is 11.7 Å². The van der Waals surface area contributed by atoms with Crippen LogP contribution in [0.1, 0.15) is 24.6 Å². The van der Waals surface area contributed by atoms with Crippen molar-refractivity contribution in [1.29, 1.82) is 0 Å². The summed E-state index contributed by atoms with van der Waals surface area (Å²) in [5.74, 6) is 1.10. The third-order valence-electron chi connectivity index (χ3n) is 2.01. The maximum atomic E-state index is 12.8. The summed E-state index contributed by atoms with van der Waals surface area (Å²) < 4.78 is 18.1. The molecule has 2 aromatic heterocycles. The van der Waals surface area contributed by atoms with E-state index < -0.39 is 5.95 Å². The molecule has 0 spiro atoms. The van der Waals surface area contributed by atoms with Gasteiger partial charge >= 0.3 is 0 Å². The van der Waals surface area contributed by atoms with Crippen LogP contribution < -0.4 is 5.32 Å². The maximum Gasteiger partial charge on any atom is 0.217 e. The van der Waals surface area contributed by atoms with E-state index in [1.165, 1.54) is 6.07 Å². The van der Waals surface area contributed by atoms with E-state index in [9.17, 15) is 4.39 Å². The number of aromatic nitrogens is 3. The molecule has 0 bridgehead atoms. The van der Waals surface area contributed by atoms with Crippen LogP contribution in [-0.2, 0) is 0 Å². The van der Waals surface area contributed by atoms with Crippen molar-refractivity contribution in [3.8, 4) is 0 Å². The standard InChI is InChI=1S/C10H11FN4O/c1-6-4-12-10(16-6)7(2)15-9-3-8(11)13-5-14-9/h3-5,7H,1-2H3,(H,13,14,15). The summed E-state index contributed by atoms with van der Waals surface area (Å²) in [6.45, 7) is 3.67. The lowest BCUT2D eigenvalue weighted by Gasteiger charge is -2.10. The van der Waals surface area contributed by atoms with Gasteiger partial charge in [-0.1, -0.05) is 0 Å². The molecule has 2 aromatic rings. The minimum Gasteiger partial charge on any atom is -0.444 e. The first-order valence-corrected chi connectivity index (χ1v) is 4.81. The molecule has 84 valence electrons. The van der Waals surface area contributed by atoms with Crippen LogP contribution in [0.5, 0.6) is 0 Å². The number of nitrogens with one attached hydrogen (secondary N) is 1. The molecular formula is C10H11FN4O. The molecule has 16 heavy (non-hydrogen) atoms. The fourth-order valence-corrected chi connectivity index (χ4v) is 1.27. The molecule has 1 unspecified atom stereocenters. The molecule has 0 fully saturated rings. The van der Waals surface area contributed by atoms with Crippen LogP contribution in [0.3, 0.4) is 0 Å². The second kappa shape index (κ2) is 4.26.